The van der Waals surface area contributed by atoms with Crippen molar-refractivity contribution in [2.45, 2.75) is 39.5 Å². The average molecular weight is 297 g/mol. The number of aryl methyl sites for hydroxylation is 1. The molecule has 1 saturated heterocycles. The molecule has 1 aromatic rings. The Balaban J connectivity index is 2.22. The van der Waals surface area contributed by atoms with Crippen LogP contribution in [0, 0.1) is 18.3 Å². The van der Waals surface area contributed by atoms with Crippen molar-refractivity contribution in [3.63, 3.8) is 0 Å². The summed E-state index contributed by atoms with van der Waals surface area (Å²) in [5.74, 6) is -0.0195. The fourth-order valence-electron chi connectivity index (χ4n) is 2.71. The van der Waals surface area contributed by atoms with Crippen LogP contribution in [0.3, 0.4) is 0 Å². The van der Waals surface area contributed by atoms with E-state index in [0.717, 1.165) is 42.7 Å². The second-order valence-electron chi connectivity index (χ2n) is 6.05. The molecule has 1 aliphatic heterocycles. The van der Waals surface area contributed by atoms with Gasteiger partial charge in [0.2, 0.25) is 0 Å². The summed E-state index contributed by atoms with van der Waals surface area (Å²) < 4.78 is 0. The number of hydrogen-bond acceptors (Lipinski definition) is 3. The van der Waals surface area contributed by atoms with E-state index < -0.39 is 0 Å². The Morgan fingerprint density at radius 1 is 1.36 bits per heavy atom. The molecular weight excluding hydrogens is 274 g/mol. The molecule has 4 nitrogen and oxygen atoms in total. The van der Waals surface area contributed by atoms with E-state index in [1.807, 2.05) is 36.1 Å². The molecule has 0 unspecified atom stereocenters. The molecule has 1 N–H and O–H groups in total. The van der Waals surface area contributed by atoms with Gasteiger partial charge in [-0.15, -0.1) is 0 Å². The van der Waals surface area contributed by atoms with Crippen molar-refractivity contribution < 1.29 is 4.79 Å². The zero-order chi connectivity index (χ0) is 16.1. The number of likely N-dealkylation sites (tertiary alicyclic amines) is 1. The third-order valence-corrected chi connectivity index (χ3v) is 3.98. The summed E-state index contributed by atoms with van der Waals surface area (Å²) in [6.07, 6.45) is 3.92. The Kier molecular flexibility index (Phi) is 5.21. The first-order valence-corrected chi connectivity index (χ1v) is 7.79. The Bertz CT molecular complexity index is 620. The number of para-hydroxylation sites is 1. The maximum Gasteiger partial charge on any atom is 0.267 e. The molecule has 1 amide bonds. The van der Waals surface area contributed by atoms with Gasteiger partial charge >= 0.3 is 0 Å². The number of benzene rings is 1. The van der Waals surface area contributed by atoms with Crippen molar-refractivity contribution in [3.8, 4) is 6.07 Å². The number of rotatable bonds is 4. The van der Waals surface area contributed by atoms with Crippen LogP contribution in [-0.4, -0.2) is 23.9 Å². The summed E-state index contributed by atoms with van der Waals surface area (Å²) in [5, 5.41) is 12.2. The van der Waals surface area contributed by atoms with Gasteiger partial charge in [-0.25, -0.2) is 0 Å². The van der Waals surface area contributed by atoms with Crippen molar-refractivity contribution in [2.75, 3.05) is 18.4 Å². The van der Waals surface area contributed by atoms with Gasteiger partial charge in [-0.3, -0.25) is 4.79 Å². The van der Waals surface area contributed by atoms with Crippen molar-refractivity contribution in [1.29, 1.82) is 5.26 Å². The second kappa shape index (κ2) is 7.13. The molecule has 0 aromatic heterocycles. The fraction of sp³-hybridized carbons (Fsp3) is 0.444. The highest BCUT2D eigenvalue weighted by Crippen LogP contribution is 2.27. The van der Waals surface area contributed by atoms with Crippen LogP contribution in [0.15, 0.2) is 30.0 Å². The van der Waals surface area contributed by atoms with Crippen LogP contribution in [0.4, 0.5) is 5.69 Å². The normalized spacial score (nSPS) is 15.0. The van der Waals surface area contributed by atoms with Crippen LogP contribution in [0.25, 0.3) is 0 Å². The summed E-state index contributed by atoms with van der Waals surface area (Å²) in [5.41, 5.74) is 3.09. The lowest BCUT2D eigenvalue weighted by Gasteiger charge is -2.17. The van der Waals surface area contributed by atoms with Gasteiger partial charge in [0.25, 0.3) is 5.91 Å². The maximum absolute atomic E-state index is 12.4. The number of anilines is 1. The molecule has 0 radical (unpaired) electrons. The topological polar surface area (TPSA) is 56.1 Å². The van der Waals surface area contributed by atoms with E-state index in [1.54, 1.807) is 6.20 Å². The second-order valence-corrected chi connectivity index (χ2v) is 6.05. The largest absolute Gasteiger partial charge is 0.376 e. The first-order valence-electron chi connectivity index (χ1n) is 7.79. The molecule has 0 saturated carbocycles. The number of amides is 1. The molecule has 1 aliphatic rings. The SMILES string of the molecule is Cc1cccc(C(C)C)c1NC(=O)/C(C#N)=C\N1CCCC1. The highest BCUT2D eigenvalue weighted by molar-refractivity contribution is 6.07. The van der Waals surface area contributed by atoms with Crippen LogP contribution in [0.1, 0.15) is 43.7 Å². The molecule has 116 valence electrons. The number of nitriles is 1. The fourth-order valence-corrected chi connectivity index (χ4v) is 2.71. The average Bonchev–Trinajstić information content (AvgIpc) is 2.99. The first kappa shape index (κ1) is 16.1. The number of nitrogens with zero attached hydrogens (tertiary/aromatic N) is 2. The zero-order valence-electron chi connectivity index (χ0n) is 13.5. The predicted molar refractivity (Wildman–Crippen MR) is 88.4 cm³/mol. The van der Waals surface area contributed by atoms with Gasteiger partial charge in [0.15, 0.2) is 0 Å². The van der Waals surface area contributed by atoms with Crippen LogP contribution in [-0.2, 0) is 4.79 Å². The van der Waals surface area contributed by atoms with Crippen molar-refractivity contribution in [1.82, 2.24) is 4.90 Å². The molecular formula is C18H23N3O. The lowest BCUT2D eigenvalue weighted by atomic mass is 9.98. The van der Waals surface area contributed by atoms with E-state index >= 15 is 0 Å². The number of carbonyl (C=O) groups excluding carboxylic acids is 1. The minimum absolute atomic E-state index is 0.167. The van der Waals surface area contributed by atoms with E-state index in [-0.39, 0.29) is 11.5 Å². The van der Waals surface area contributed by atoms with Crippen molar-refractivity contribution in [3.05, 3.63) is 41.1 Å². The van der Waals surface area contributed by atoms with Crippen LogP contribution in [0.5, 0.6) is 0 Å². The Labute approximate surface area is 132 Å². The van der Waals surface area contributed by atoms with Crippen molar-refractivity contribution in [2.24, 2.45) is 0 Å². The molecule has 0 spiro atoms. The summed E-state index contributed by atoms with van der Waals surface area (Å²) in [6.45, 7) is 7.99. The number of carbonyl (C=O) groups is 1. The highest BCUT2D eigenvalue weighted by atomic mass is 16.1. The van der Waals surface area contributed by atoms with Gasteiger partial charge in [-0.1, -0.05) is 32.0 Å². The minimum Gasteiger partial charge on any atom is -0.376 e. The van der Waals surface area contributed by atoms with E-state index in [2.05, 4.69) is 19.2 Å². The monoisotopic (exact) mass is 297 g/mol. The molecule has 0 atom stereocenters. The van der Waals surface area contributed by atoms with Crippen molar-refractivity contribution >= 4 is 11.6 Å². The third kappa shape index (κ3) is 3.67. The maximum atomic E-state index is 12.4. The van der Waals surface area contributed by atoms with Gasteiger partial charge in [-0.05, 0) is 36.8 Å². The Hall–Kier alpha value is -2.28. The van der Waals surface area contributed by atoms with Crippen LogP contribution >= 0.6 is 0 Å². The minimum atomic E-state index is -0.328. The van der Waals surface area contributed by atoms with E-state index in [4.69, 9.17) is 0 Å². The Morgan fingerprint density at radius 3 is 2.64 bits per heavy atom. The zero-order valence-corrected chi connectivity index (χ0v) is 13.5. The van der Waals surface area contributed by atoms with E-state index in [1.165, 1.54) is 0 Å². The molecule has 0 aliphatic carbocycles. The quantitative estimate of drug-likeness (QED) is 0.683. The van der Waals surface area contributed by atoms with Gasteiger partial charge in [0.1, 0.15) is 11.6 Å². The summed E-state index contributed by atoms with van der Waals surface area (Å²) in [4.78, 5) is 14.5. The molecule has 1 fully saturated rings. The molecule has 4 heteroatoms. The molecule has 1 aromatic carbocycles. The lowest BCUT2D eigenvalue weighted by molar-refractivity contribution is -0.112. The van der Waals surface area contributed by atoms with Gasteiger partial charge in [0, 0.05) is 25.0 Å². The van der Waals surface area contributed by atoms with Crippen LogP contribution in [0.2, 0.25) is 0 Å². The number of nitrogens with one attached hydrogen (secondary N) is 1. The predicted octanol–water partition coefficient (Wildman–Crippen LogP) is 3.56. The van der Waals surface area contributed by atoms with Gasteiger partial charge < -0.3 is 10.2 Å². The van der Waals surface area contributed by atoms with E-state index in [9.17, 15) is 10.1 Å². The van der Waals surface area contributed by atoms with Crippen LogP contribution < -0.4 is 5.32 Å². The van der Waals surface area contributed by atoms with Gasteiger partial charge in [-0.2, -0.15) is 5.26 Å². The van der Waals surface area contributed by atoms with Gasteiger partial charge in [0.05, 0.1) is 0 Å². The molecule has 22 heavy (non-hydrogen) atoms. The number of hydrogen-bond donors (Lipinski definition) is 1. The first-order chi connectivity index (χ1) is 10.5. The summed E-state index contributed by atoms with van der Waals surface area (Å²) in [7, 11) is 0. The molecule has 2 rings (SSSR count). The summed E-state index contributed by atoms with van der Waals surface area (Å²) >= 11 is 0. The molecule has 0 bridgehead atoms. The standard InChI is InChI=1S/C18H23N3O/c1-13(2)16-8-6-7-14(3)17(16)20-18(22)15(11-19)12-21-9-4-5-10-21/h6-8,12-13H,4-5,9-10H2,1-3H3,(H,20,22)/b15-12-. The molecule has 1 heterocycles. The smallest absolute Gasteiger partial charge is 0.267 e. The van der Waals surface area contributed by atoms with E-state index in [0.29, 0.717) is 5.92 Å². The Morgan fingerprint density at radius 2 is 2.05 bits per heavy atom. The lowest BCUT2D eigenvalue weighted by Crippen LogP contribution is -2.20. The highest BCUT2D eigenvalue weighted by Gasteiger charge is 2.17. The summed E-state index contributed by atoms with van der Waals surface area (Å²) in [6, 6.07) is 8.00. The third-order valence-electron chi connectivity index (χ3n) is 3.98.